The summed E-state index contributed by atoms with van der Waals surface area (Å²) in [5, 5.41) is 2.87. The van der Waals surface area contributed by atoms with Crippen LogP contribution in [0.5, 0.6) is 0 Å². The standard InChI is InChI=1S/C16H12BrClN2/c17-14-5-4-11(8-15(14)18)16(19)12-3-1-2-10-6-7-20-9-13(10)12/h1-9,16H,19H2. The number of nitrogens with zero attached hydrogens (tertiary/aromatic N) is 1. The maximum atomic E-state index is 6.40. The van der Waals surface area contributed by atoms with Gasteiger partial charge >= 0.3 is 0 Å². The number of halogens is 2. The molecule has 2 aromatic carbocycles. The van der Waals surface area contributed by atoms with Crippen LogP contribution in [0.1, 0.15) is 17.2 Å². The molecule has 3 aromatic rings. The average molecular weight is 348 g/mol. The number of hydrogen-bond donors (Lipinski definition) is 1. The number of hydrogen-bond acceptors (Lipinski definition) is 2. The Kier molecular flexibility index (Phi) is 3.74. The van der Waals surface area contributed by atoms with Crippen molar-refractivity contribution < 1.29 is 0 Å². The fourth-order valence-corrected chi connectivity index (χ4v) is 2.73. The highest BCUT2D eigenvalue weighted by Crippen LogP contribution is 2.30. The van der Waals surface area contributed by atoms with Crippen molar-refractivity contribution in [3.63, 3.8) is 0 Å². The van der Waals surface area contributed by atoms with Gasteiger partial charge in [0.2, 0.25) is 0 Å². The Labute approximate surface area is 130 Å². The van der Waals surface area contributed by atoms with Crippen molar-refractivity contribution in [2.24, 2.45) is 5.73 Å². The molecule has 0 aliphatic heterocycles. The first-order chi connectivity index (χ1) is 9.66. The number of nitrogens with two attached hydrogens (primary N) is 1. The normalized spacial score (nSPS) is 12.6. The smallest absolute Gasteiger partial charge is 0.0558 e. The Bertz CT molecular complexity index is 768. The van der Waals surface area contributed by atoms with Gasteiger partial charge in [0, 0.05) is 22.3 Å². The zero-order chi connectivity index (χ0) is 14.1. The summed E-state index contributed by atoms with van der Waals surface area (Å²) >= 11 is 9.54. The van der Waals surface area contributed by atoms with E-state index in [1.54, 1.807) is 6.20 Å². The highest BCUT2D eigenvalue weighted by Gasteiger charge is 2.13. The van der Waals surface area contributed by atoms with Crippen molar-refractivity contribution >= 4 is 38.3 Å². The summed E-state index contributed by atoms with van der Waals surface area (Å²) in [5.41, 5.74) is 8.43. The van der Waals surface area contributed by atoms with E-state index >= 15 is 0 Å². The first kappa shape index (κ1) is 13.6. The van der Waals surface area contributed by atoms with Gasteiger partial charge in [-0.1, -0.05) is 35.9 Å². The van der Waals surface area contributed by atoms with Crippen LogP contribution in [0.4, 0.5) is 0 Å². The van der Waals surface area contributed by atoms with Gasteiger partial charge in [0.15, 0.2) is 0 Å². The van der Waals surface area contributed by atoms with Crippen LogP contribution in [0.25, 0.3) is 10.8 Å². The van der Waals surface area contributed by atoms with Gasteiger partial charge in [-0.15, -0.1) is 0 Å². The minimum Gasteiger partial charge on any atom is -0.320 e. The van der Waals surface area contributed by atoms with E-state index in [1.807, 2.05) is 42.6 Å². The molecule has 100 valence electrons. The molecule has 0 saturated heterocycles. The highest BCUT2D eigenvalue weighted by molar-refractivity contribution is 9.10. The molecule has 20 heavy (non-hydrogen) atoms. The molecule has 0 aliphatic carbocycles. The lowest BCUT2D eigenvalue weighted by Crippen LogP contribution is -2.12. The summed E-state index contributed by atoms with van der Waals surface area (Å²) in [6.07, 6.45) is 3.64. The Balaban J connectivity index is 2.12. The molecule has 0 amide bonds. The van der Waals surface area contributed by atoms with Crippen LogP contribution in [0.3, 0.4) is 0 Å². The quantitative estimate of drug-likeness (QED) is 0.730. The number of fused-ring (bicyclic) bond motifs is 1. The van der Waals surface area contributed by atoms with Gasteiger partial charge in [0.25, 0.3) is 0 Å². The molecular formula is C16H12BrClN2. The molecule has 1 aromatic heterocycles. The van der Waals surface area contributed by atoms with Gasteiger partial charge in [-0.3, -0.25) is 4.98 Å². The van der Waals surface area contributed by atoms with Crippen molar-refractivity contribution in [3.8, 4) is 0 Å². The zero-order valence-corrected chi connectivity index (χ0v) is 12.9. The Morgan fingerprint density at radius 3 is 2.80 bits per heavy atom. The van der Waals surface area contributed by atoms with E-state index in [2.05, 4.69) is 27.0 Å². The first-order valence-electron chi connectivity index (χ1n) is 6.20. The Hall–Kier alpha value is -1.42. The second-order valence-corrected chi connectivity index (χ2v) is 5.86. The third-order valence-electron chi connectivity index (χ3n) is 3.36. The molecule has 3 rings (SSSR count). The number of pyridine rings is 1. The molecule has 1 heterocycles. The van der Waals surface area contributed by atoms with Crippen LogP contribution >= 0.6 is 27.5 Å². The summed E-state index contributed by atoms with van der Waals surface area (Å²) in [7, 11) is 0. The van der Waals surface area contributed by atoms with E-state index < -0.39 is 0 Å². The van der Waals surface area contributed by atoms with E-state index in [0.717, 1.165) is 26.4 Å². The van der Waals surface area contributed by atoms with Crippen LogP contribution in [-0.2, 0) is 0 Å². The molecule has 1 atom stereocenters. The summed E-state index contributed by atoms with van der Waals surface area (Å²) in [6, 6.07) is 13.7. The molecule has 0 saturated carbocycles. The van der Waals surface area contributed by atoms with Crippen LogP contribution < -0.4 is 5.73 Å². The predicted octanol–water partition coefficient (Wildman–Crippen LogP) is 4.70. The zero-order valence-electron chi connectivity index (χ0n) is 10.6. The predicted molar refractivity (Wildman–Crippen MR) is 86.9 cm³/mol. The number of rotatable bonds is 2. The maximum absolute atomic E-state index is 6.40. The van der Waals surface area contributed by atoms with Gasteiger partial charge < -0.3 is 5.73 Å². The van der Waals surface area contributed by atoms with Gasteiger partial charge in [-0.2, -0.15) is 0 Å². The van der Waals surface area contributed by atoms with Crippen molar-refractivity contribution in [1.29, 1.82) is 0 Å². The maximum Gasteiger partial charge on any atom is 0.0558 e. The van der Waals surface area contributed by atoms with Crippen LogP contribution in [0, 0.1) is 0 Å². The van der Waals surface area contributed by atoms with Gasteiger partial charge in [0.05, 0.1) is 11.1 Å². The molecule has 1 unspecified atom stereocenters. The van der Waals surface area contributed by atoms with E-state index in [4.69, 9.17) is 17.3 Å². The molecule has 2 nitrogen and oxygen atoms in total. The number of benzene rings is 2. The highest BCUT2D eigenvalue weighted by atomic mass is 79.9. The van der Waals surface area contributed by atoms with E-state index in [-0.39, 0.29) is 6.04 Å². The first-order valence-corrected chi connectivity index (χ1v) is 7.37. The van der Waals surface area contributed by atoms with Gasteiger partial charge in [-0.25, -0.2) is 0 Å². The lowest BCUT2D eigenvalue weighted by Gasteiger charge is -2.15. The second-order valence-electron chi connectivity index (χ2n) is 4.60. The minimum atomic E-state index is -0.228. The van der Waals surface area contributed by atoms with Gasteiger partial charge in [-0.05, 0) is 50.6 Å². The van der Waals surface area contributed by atoms with Crippen LogP contribution in [0.15, 0.2) is 59.3 Å². The van der Waals surface area contributed by atoms with Crippen molar-refractivity contribution in [1.82, 2.24) is 4.98 Å². The third kappa shape index (κ3) is 2.44. The molecule has 0 bridgehead atoms. The third-order valence-corrected chi connectivity index (χ3v) is 4.59. The largest absolute Gasteiger partial charge is 0.320 e. The topological polar surface area (TPSA) is 38.9 Å². The summed E-state index contributed by atoms with van der Waals surface area (Å²) in [6.45, 7) is 0. The molecule has 0 radical (unpaired) electrons. The SMILES string of the molecule is NC(c1ccc(Br)c(Cl)c1)c1cccc2ccncc12. The molecule has 0 fully saturated rings. The minimum absolute atomic E-state index is 0.228. The Morgan fingerprint density at radius 1 is 1.15 bits per heavy atom. The molecular weight excluding hydrogens is 336 g/mol. The lowest BCUT2D eigenvalue weighted by molar-refractivity contribution is 0.880. The van der Waals surface area contributed by atoms with E-state index in [0.29, 0.717) is 5.02 Å². The average Bonchev–Trinajstić information content (AvgIpc) is 2.49. The van der Waals surface area contributed by atoms with Crippen LogP contribution in [0.2, 0.25) is 5.02 Å². The second kappa shape index (κ2) is 5.52. The monoisotopic (exact) mass is 346 g/mol. The molecule has 0 aliphatic rings. The number of aromatic nitrogens is 1. The molecule has 2 N–H and O–H groups in total. The van der Waals surface area contributed by atoms with Crippen LogP contribution in [-0.4, -0.2) is 4.98 Å². The van der Waals surface area contributed by atoms with Crippen molar-refractivity contribution in [3.05, 3.63) is 75.5 Å². The van der Waals surface area contributed by atoms with E-state index in [9.17, 15) is 0 Å². The molecule has 4 heteroatoms. The summed E-state index contributed by atoms with van der Waals surface area (Å²) < 4.78 is 0.870. The molecule has 0 spiro atoms. The summed E-state index contributed by atoms with van der Waals surface area (Å²) in [4.78, 5) is 4.19. The fourth-order valence-electron chi connectivity index (χ4n) is 2.29. The fraction of sp³-hybridized carbons (Fsp3) is 0.0625. The lowest BCUT2D eigenvalue weighted by atomic mass is 9.95. The Morgan fingerprint density at radius 2 is 2.00 bits per heavy atom. The van der Waals surface area contributed by atoms with Crippen molar-refractivity contribution in [2.75, 3.05) is 0 Å². The summed E-state index contributed by atoms with van der Waals surface area (Å²) in [5.74, 6) is 0. The van der Waals surface area contributed by atoms with Crippen molar-refractivity contribution in [2.45, 2.75) is 6.04 Å². The van der Waals surface area contributed by atoms with Gasteiger partial charge in [0.1, 0.15) is 0 Å². The van der Waals surface area contributed by atoms with E-state index in [1.165, 1.54) is 0 Å².